The lowest BCUT2D eigenvalue weighted by Gasteiger charge is -1.99. The first-order valence-electron chi connectivity index (χ1n) is 3.56. The highest BCUT2D eigenvalue weighted by atomic mass is 16.5. The quantitative estimate of drug-likeness (QED) is 0.322. The van der Waals surface area contributed by atoms with Crippen molar-refractivity contribution >= 4 is 6.21 Å². The zero-order chi connectivity index (χ0) is 9.52. The van der Waals surface area contributed by atoms with Crippen LogP contribution in [0.5, 0.6) is 5.88 Å². The van der Waals surface area contributed by atoms with E-state index in [1.54, 1.807) is 12.1 Å². The molecule has 0 aliphatic heterocycles. The van der Waals surface area contributed by atoms with Crippen LogP contribution in [0.2, 0.25) is 0 Å². The smallest absolute Gasteiger partial charge is 0.214 e. The van der Waals surface area contributed by atoms with E-state index in [0.29, 0.717) is 11.4 Å². The first-order valence-corrected chi connectivity index (χ1v) is 3.56. The van der Waals surface area contributed by atoms with Gasteiger partial charge in [0, 0.05) is 17.8 Å². The number of ether oxygens (including phenoxy) is 1. The summed E-state index contributed by atoms with van der Waals surface area (Å²) in [4.78, 5) is 3.91. The van der Waals surface area contributed by atoms with Crippen LogP contribution in [0.4, 0.5) is 0 Å². The van der Waals surface area contributed by atoms with Crippen LogP contribution in [0, 0.1) is 12.3 Å². The monoisotopic (exact) mass is 176 g/mol. The van der Waals surface area contributed by atoms with E-state index in [4.69, 9.17) is 16.4 Å². The van der Waals surface area contributed by atoms with Crippen LogP contribution >= 0.6 is 0 Å². The highest BCUT2D eigenvalue weighted by Gasteiger charge is 1.93. The minimum Gasteiger partial charge on any atom is -0.464 e. The van der Waals surface area contributed by atoms with E-state index in [2.05, 4.69) is 16.1 Å². The van der Waals surface area contributed by atoms with Gasteiger partial charge < -0.3 is 9.94 Å². The summed E-state index contributed by atoms with van der Waals surface area (Å²) in [6.45, 7) is 0.195. The van der Waals surface area contributed by atoms with E-state index in [1.165, 1.54) is 12.4 Å². The lowest BCUT2D eigenvalue weighted by atomic mass is 10.3. The Hall–Kier alpha value is -2.02. The zero-order valence-corrected chi connectivity index (χ0v) is 6.84. The zero-order valence-electron chi connectivity index (χ0n) is 6.84. The standard InChI is InChI=1S/C9H8N2O2/c1-2-5-13-9-4-3-8(6-10-9)7-11-12/h1,3-4,6-7,12H,5H2. The van der Waals surface area contributed by atoms with Gasteiger partial charge in [0.1, 0.15) is 0 Å². The summed E-state index contributed by atoms with van der Waals surface area (Å²) < 4.78 is 5.03. The van der Waals surface area contributed by atoms with Crippen LogP contribution in [0.25, 0.3) is 0 Å². The van der Waals surface area contributed by atoms with Gasteiger partial charge in [-0.3, -0.25) is 0 Å². The molecular formula is C9H8N2O2. The molecule has 0 atom stereocenters. The molecule has 0 aliphatic carbocycles. The summed E-state index contributed by atoms with van der Waals surface area (Å²) in [7, 11) is 0. The number of oxime groups is 1. The Labute approximate surface area is 75.9 Å². The molecule has 0 aliphatic rings. The summed E-state index contributed by atoms with van der Waals surface area (Å²) in [5.41, 5.74) is 0.690. The Morgan fingerprint density at radius 3 is 3.08 bits per heavy atom. The Balaban J connectivity index is 2.65. The van der Waals surface area contributed by atoms with Crippen molar-refractivity contribution in [3.8, 4) is 18.2 Å². The van der Waals surface area contributed by atoms with Crippen LogP contribution in [-0.4, -0.2) is 23.0 Å². The fourth-order valence-corrected chi connectivity index (χ4v) is 0.736. The maximum absolute atomic E-state index is 8.21. The normalized spacial score (nSPS) is 9.77. The Morgan fingerprint density at radius 1 is 1.69 bits per heavy atom. The molecule has 0 bridgehead atoms. The van der Waals surface area contributed by atoms with Gasteiger partial charge in [0.25, 0.3) is 0 Å². The van der Waals surface area contributed by atoms with Gasteiger partial charge in [-0.25, -0.2) is 4.98 Å². The van der Waals surface area contributed by atoms with Gasteiger partial charge in [-0.15, -0.1) is 6.42 Å². The molecule has 1 aromatic heterocycles. The number of aromatic nitrogens is 1. The molecule has 1 heterocycles. The van der Waals surface area contributed by atoms with E-state index in [9.17, 15) is 0 Å². The predicted octanol–water partition coefficient (Wildman–Crippen LogP) is 0.902. The van der Waals surface area contributed by atoms with E-state index >= 15 is 0 Å². The highest BCUT2D eigenvalue weighted by Crippen LogP contribution is 2.05. The molecule has 0 spiro atoms. The van der Waals surface area contributed by atoms with Crippen LogP contribution in [0.15, 0.2) is 23.5 Å². The molecular weight excluding hydrogens is 168 g/mol. The predicted molar refractivity (Wildman–Crippen MR) is 47.9 cm³/mol. The van der Waals surface area contributed by atoms with Crippen molar-refractivity contribution in [3.63, 3.8) is 0 Å². The molecule has 0 saturated heterocycles. The molecule has 1 aromatic rings. The molecule has 4 nitrogen and oxygen atoms in total. The third-order valence-corrected chi connectivity index (χ3v) is 1.27. The fraction of sp³-hybridized carbons (Fsp3) is 0.111. The minimum atomic E-state index is 0.195. The van der Waals surface area contributed by atoms with Gasteiger partial charge in [-0.2, -0.15) is 0 Å². The second-order valence-corrected chi connectivity index (χ2v) is 2.17. The Bertz CT molecular complexity index is 324. The minimum absolute atomic E-state index is 0.195. The Kier molecular flexibility index (Phi) is 3.33. The van der Waals surface area contributed by atoms with Crippen molar-refractivity contribution in [1.82, 2.24) is 4.98 Å². The topological polar surface area (TPSA) is 54.7 Å². The van der Waals surface area contributed by atoms with E-state index < -0.39 is 0 Å². The number of terminal acetylenes is 1. The highest BCUT2D eigenvalue weighted by molar-refractivity contribution is 5.78. The molecule has 1 N–H and O–H groups in total. The summed E-state index contributed by atoms with van der Waals surface area (Å²) in [6.07, 6.45) is 7.79. The summed E-state index contributed by atoms with van der Waals surface area (Å²) >= 11 is 0. The SMILES string of the molecule is C#CCOc1ccc(C=NO)cn1. The molecule has 1 rings (SSSR count). The molecule has 0 saturated carbocycles. The second kappa shape index (κ2) is 4.78. The van der Waals surface area contributed by atoms with Crippen molar-refractivity contribution in [2.75, 3.05) is 6.61 Å². The van der Waals surface area contributed by atoms with Crippen LogP contribution in [-0.2, 0) is 0 Å². The van der Waals surface area contributed by atoms with Crippen molar-refractivity contribution < 1.29 is 9.94 Å². The molecule has 13 heavy (non-hydrogen) atoms. The number of pyridine rings is 1. The van der Waals surface area contributed by atoms with Gasteiger partial charge in [0.05, 0.1) is 6.21 Å². The van der Waals surface area contributed by atoms with Gasteiger partial charge in [-0.1, -0.05) is 11.1 Å². The number of hydrogen-bond acceptors (Lipinski definition) is 4. The van der Waals surface area contributed by atoms with Crippen LogP contribution < -0.4 is 4.74 Å². The summed E-state index contributed by atoms with van der Waals surface area (Å²) in [5, 5.41) is 11.1. The summed E-state index contributed by atoms with van der Waals surface area (Å²) in [5.74, 6) is 2.78. The average Bonchev–Trinajstić information content (AvgIpc) is 2.17. The van der Waals surface area contributed by atoms with E-state index in [0.717, 1.165) is 0 Å². The van der Waals surface area contributed by atoms with Crippen LogP contribution in [0.3, 0.4) is 0 Å². The lowest BCUT2D eigenvalue weighted by molar-refractivity contribution is 0.321. The molecule has 0 unspecified atom stereocenters. The third-order valence-electron chi connectivity index (χ3n) is 1.27. The van der Waals surface area contributed by atoms with E-state index in [-0.39, 0.29) is 6.61 Å². The molecule has 66 valence electrons. The van der Waals surface area contributed by atoms with Gasteiger partial charge in [0.15, 0.2) is 6.61 Å². The van der Waals surface area contributed by atoms with Crippen molar-refractivity contribution in [2.45, 2.75) is 0 Å². The fourth-order valence-electron chi connectivity index (χ4n) is 0.736. The van der Waals surface area contributed by atoms with Gasteiger partial charge in [-0.05, 0) is 6.07 Å². The van der Waals surface area contributed by atoms with E-state index in [1.807, 2.05) is 0 Å². The first-order chi connectivity index (χ1) is 6.36. The molecule has 4 heteroatoms. The maximum Gasteiger partial charge on any atom is 0.214 e. The lowest BCUT2D eigenvalue weighted by Crippen LogP contribution is -1.96. The molecule has 0 fully saturated rings. The van der Waals surface area contributed by atoms with Gasteiger partial charge >= 0.3 is 0 Å². The largest absolute Gasteiger partial charge is 0.464 e. The molecule has 0 radical (unpaired) electrons. The Morgan fingerprint density at radius 2 is 2.54 bits per heavy atom. The molecule has 0 amide bonds. The van der Waals surface area contributed by atoms with Gasteiger partial charge in [0.2, 0.25) is 5.88 Å². The second-order valence-electron chi connectivity index (χ2n) is 2.17. The number of rotatable bonds is 3. The van der Waals surface area contributed by atoms with Crippen molar-refractivity contribution in [2.24, 2.45) is 5.16 Å². The average molecular weight is 176 g/mol. The first kappa shape index (κ1) is 9.07. The third kappa shape index (κ3) is 2.83. The van der Waals surface area contributed by atoms with Crippen molar-refractivity contribution in [3.05, 3.63) is 23.9 Å². The summed E-state index contributed by atoms with van der Waals surface area (Å²) in [6, 6.07) is 3.35. The molecule has 0 aromatic carbocycles. The van der Waals surface area contributed by atoms with Crippen molar-refractivity contribution in [1.29, 1.82) is 0 Å². The van der Waals surface area contributed by atoms with Crippen LogP contribution in [0.1, 0.15) is 5.56 Å². The number of nitrogens with zero attached hydrogens (tertiary/aromatic N) is 2. The maximum atomic E-state index is 8.21. The number of hydrogen-bond donors (Lipinski definition) is 1.